The highest BCUT2D eigenvalue weighted by Crippen LogP contribution is 2.24. The van der Waals surface area contributed by atoms with E-state index in [9.17, 15) is 4.79 Å². The first-order valence-electron chi connectivity index (χ1n) is 6.96. The number of hydrogen-bond acceptors (Lipinski definition) is 3. The van der Waals surface area contributed by atoms with E-state index in [0.717, 1.165) is 11.3 Å². The van der Waals surface area contributed by atoms with Crippen molar-refractivity contribution in [2.45, 2.75) is 6.54 Å². The van der Waals surface area contributed by atoms with Gasteiger partial charge in [-0.15, -0.1) is 0 Å². The normalized spacial score (nSPS) is 10.5. The summed E-state index contributed by atoms with van der Waals surface area (Å²) in [5, 5.41) is 7.45. The lowest BCUT2D eigenvalue weighted by atomic mass is 10.2. The second kappa shape index (κ2) is 6.58. The number of nitrogens with zero attached hydrogens (tertiary/aromatic N) is 3. The van der Waals surface area contributed by atoms with E-state index in [4.69, 9.17) is 16.0 Å². The number of nitrogens with one attached hydrogen (secondary N) is 1. The Labute approximate surface area is 138 Å². The van der Waals surface area contributed by atoms with Crippen LogP contribution in [0.2, 0.25) is 5.02 Å². The molecule has 2 amide bonds. The predicted octanol–water partition coefficient (Wildman–Crippen LogP) is 3.78. The van der Waals surface area contributed by atoms with Gasteiger partial charge in [0.2, 0.25) is 0 Å². The van der Waals surface area contributed by atoms with Gasteiger partial charge in [0.1, 0.15) is 0 Å². The zero-order valence-electron chi connectivity index (χ0n) is 12.4. The van der Waals surface area contributed by atoms with Gasteiger partial charge in [0.05, 0.1) is 29.8 Å². The highest BCUT2D eigenvalue weighted by Gasteiger charge is 2.11. The molecule has 0 spiro atoms. The first-order valence-corrected chi connectivity index (χ1v) is 7.34. The van der Waals surface area contributed by atoms with Crippen LogP contribution in [-0.2, 0) is 6.54 Å². The number of amides is 2. The second-order valence-corrected chi connectivity index (χ2v) is 5.44. The average molecular weight is 331 g/mol. The Kier molecular flexibility index (Phi) is 4.34. The smallest absolute Gasteiger partial charge is 0.321 e. The maximum atomic E-state index is 12.2. The molecular formula is C16H15ClN4O2. The van der Waals surface area contributed by atoms with Crippen LogP contribution in [0.4, 0.5) is 10.5 Å². The number of benzene rings is 1. The molecule has 0 aliphatic carbocycles. The molecule has 3 rings (SSSR count). The number of aromatic nitrogens is 2. The minimum Gasteiger partial charge on any atom is -0.472 e. The van der Waals surface area contributed by atoms with E-state index in [1.807, 2.05) is 12.1 Å². The molecule has 0 saturated carbocycles. The molecule has 23 heavy (non-hydrogen) atoms. The molecule has 0 atom stereocenters. The number of halogens is 1. The van der Waals surface area contributed by atoms with Crippen LogP contribution in [0.5, 0.6) is 0 Å². The molecule has 7 heteroatoms. The first kappa shape index (κ1) is 15.2. The molecule has 0 unspecified atom stereocenters. The maximum absolute atomic E-state index is 12.2. The van der Waals surface area contributed by atoms with Crippen LogP contribution >= 0.6 is 11.6 Å². The third kappa shape index (κ3) is 3.54. The van der Waals surface area contributed by atoms with Gasteiger partial charge >= 0.3 is 6.03 Å². The molecule has 0 bridgehead atoms. The minimum atomic E-state index is -0.228. The van der Waals surface area contributed by atoms with Gasteiger partial charge < -0.3 is 14.6 Å². The summed E-state index contributed by atoms with van der Waals surface area (Å²) in [6.07, 6.45) is 6.67. The molecule has 1 aromatic carbocycles. The largest absolute Gasteiger partial charge is 0.472 e. The summed E-state index contributed by atoms with van der Waals surface area (Å²) in [6, 6.07) is 8.69. The topological polar surface area (TPSA) is 63.3 Å². The summed E-state index contributed by atoms with van der Waals surface area (Å²) in [4.78, 5) is 13.7. The highest BCUT2D eigenvalue weighted by atomic mass is 35.5. The maximum Gasteiger partial charge on any atom is 0.321 e. The summed E-state index contributed by atoms with van der Waals surface area (Å²) in [5.41, 5.74) is 2.30. The highest BCUT2D eigenvalue weighted by molar-refractivity contribution is 6.32. The van der Waals surface area contributed by atoms with Crippen molar-refractivity contribution in [1.29, 1.82) is 0 Å². The minimum absolute atomic E-state index is 0.228. The predicted molar refractivity (Wildman–Crippen MR) is 87.8 cm³/mol. The Bertz CT molecular complexity index is 785. The number of carbonyl (C=O) groups is 1. The van der Waals surface area contributed by atoms with Crippen LogP contribution in [0.25, 0.3) is 5.69 Å². The summed E-state index contributed by atoms with van der Waals surface area (Å²) < 4.78 is 6.66. The molecular weight excluding hydrogens is 316 g/mol. The second-order valence-electron chi connectivity index (χ2n) is 5.03. The molecule has 1 N–H and O–H groups in total. The molecule has 0 aliphatic rings. The van der Waals surface area contributed by atoms with Crippen LogP contribution in [0.1, 0.15) is 5.56 Å². The van der Waals surface area contributed by atoms with Gasteiger partial charge in [-0.25, -0.2) is 9.48 Å². The van der Waals surface area contributed by atoms with Gasteiger partial charge in [0.15, 0.2) is 0 Å². The van der Waals surface area contributed by atoms with E-state index in [2.05, 4.69) is 10.4 Å². The fraction of sp³-hybridized carbons (Fsp3) is 0.125. The lowest BCUT2D eigenvalue weighted by molar-refractivity contribution is 0.220. The first-order chi connectivity index (χ1) is 11.1. The molecule has 2 aromatic heterocycles. The van der Waals surface area contributed by atoms with Crippen LogP contribution in [0.15, 0.2) is 59.7 Å². The van der Waals surface area contributed by atoms with Crippen molar-refractivity contribution >= 4 is 23.3 Å². The fourth-order valence-corrected chi connectivity index (χ4v) is 2.40. The monoisotopic (exact) mass is 330 g/mol. The van der Waals surface area contributed by atoms with Crippen molar-refractivity contribution in [2.75, 3.05) is 12.4 Å². The number of urea groups is 1. The van der Waals surface area contributed by atoms with Crippen LogP contribution < -0.4 is 5.32 Å². The quantitative estimate of drug-likeness (QED) is 0.791. The van der Waals surface area contributed by atoms with Crippen molar-refractivity contribution in [3.8, 4) is 5.69 Å². The van der Waals surface area contributed by atoms with Crippen LogP contribution in [0, 0.1) is 0 Å². The molecule has 6 nitrogen and oxygen atoms in total. The molecule has 0 fully saturated rings. The van der Waals surface area contributed by atoms with Crippen molar-refractivity contribution in [3.05, 3.63) is 65.8 Å². The van der Waals surface area contributed by atoms with Crippen molar-refractivity contribution in [1.82, 2.24) is 14.7 Å². The Morgan fingerprint density at radius 3 is 2.96 bits per heavy atom. The third-order valence-electron chi connectivity index (χ3n) is 3.30. The van der Waals surface area contributed by atoms with Crippen LogP contribution in [0.3, 0.4) is 0 Å². The van der Waals surface area contributed by atoms with Gasteiger partial charge in [0.25, 0.3) is 0 Å². The van der Waals surface area contributed by atoms with E-state index in [1.165, 1.54) is 0 Å². The molecule has 0 aliphatic heterocycles. The van der Waals surface area contributed by atoms with E-state index in [0.29, 0.717) is 17.3 Å². The SMILES string of the molecule is CN(Cc1ccoc1)C(=O)Nc1ccc(-n2cccn2)c(Cl)c1. The molecule has 118 valence electrons. The number of hydrogen-bond donors (Lipinski definition) is 1. The van der Waals surface area contributed by atoms with Gasteiger partial charge in [0, 0.05) is 30.7 Å². The molecule has 3 aromatic rings. The van der Waals surface area contributed by atoms with E-state index < -0.39 is 0 Å². The Morgan fingerprint density at radius 1 is 1.43 bits per heavy atom. The Morgan fingerprint density at radius 2 is 2.30 bits per heavy atom. The van der Waals surface area contributed by atoms with Crippen molar-refractivity contribution in [2.24, 2.45) is 0 Å². The zero-order chi connectivity index (χ0) is 16.2. The molecule has 0 radical (unpaired) electrons. The van der Waals surface area contributed by atoms with Gasteiger partial charge in [-0.05, 0) is 30.3 Å². The summed E-state index contributed by atoms with van der Waals surface area (Å²) in [7, 11) is 1.71. The van der Waals surface area contributed by atoms with E-state index in [-0.39, 0.29) is 6.03 Å². The van der Waals surface area contributed by atoms with E-state index >= 15 is 0 Å². The van der Waals surface area contributed by atoms with Gasteiger partial charge in [-0.3, -0.25) is 0 Å². The number of anilines is 1. The third-order valence-corrected chi connectivity index (χ3v) is 3.60. The molecule has 2 heterocycles. The van der Waals surface area contributed by atoms with Gasteiger partial charge in [-0.2, -0.15) is 5.10 Å². The summed E-state index contributed by atoms with van der Waals surface area (Å²) in [5.74, 6) is 0. The number of rotatable bonds is 4. The Hall–Kier alpha value is -2.73. The lowest BCUT2D eigenvalue weighted by Gasteiger charge is -2.17. The lowest BCUT2D eigenvalue weighted by Crippen LogP contribution is -2.30. The van der Waals surface area contributed by atoms with Crippen molar-refractivity contribution < 1.29 is 9.21 Å². The average Bonchev–Trinajstić information content (AvgIpc) is 3.20. The standard InChI is InChI=1S/C16H15ClN4O2/c1-20(10-12-5-8-23-11-12)16(22)19-13-3-4-15(14(17)9-13)21-7-2-6-18-21/h2-9,11H,10H2,1H3,(H,19,22). The van der Waals surface area contributed by atoms with Gasteiger partial charge in [-0.1, -0.05) is 11.6 Å². The van der Waals surface area contributed by atoms with Crippen molar-refractivity contribution in [3.63, 3.8) is 0 Å². The Balaban J connectivity index is 1.68. The fourth-order valence-electron chi connectivity index (χ4n) is 2.13. The summed E-state index contributed by atoms with van der Waals surface area (Å²) in [6.45, 7) is 0.460. The number of furan rings is 1. The zero-order valence-corrected chi connectivity index (χ0v) is 13.2. The summed E-state index contributed by atoms with van der Waals surface area (Å²) >= 11 is 6.26. The van der Waals surface area contributed by atoms with Crippen LogP contribution in [-0.4, -0.2) is 27.8 Å². The number of carbonyl (C=O) groups excluding carboxylic acids is 1. The van der Waals surface area contributed by atoms with E-state index in [1.54, 1.807) is 59.7 Å². The molecule has 0 saturated heterocycles.